The molecule has 1 saturated carbocycles. The summed E-state index contributed by atoms with van der Waals surface area (Å²) in [5.74, 6) is 1.06. The molecule has 0 unspecified atom stereocenters. The van der Waals surface area contributed by atoms with Crippen LogP contribution in [0.1, 0.15) is 49.4 Å². The number of aryl methyl sites for hydroxylation is 1. The normalized spacial score (nSPS) is 17.9. The number of methoxy groups -OCH3 is 1. The summed E-state index contributed by atoms with van der Waals surface area (Å²) in [6.07, 6.45) is 7.53. The molecule has 3 rings (SSSR count). The number of benzene rings is 1. The van der Waals surface area contributed by atoms with Crippen LogP contribution in [0.4, 0.5) is 0 Å². The van der Waals surface area contributed by atoms with Crippen molar-refractivity contribution in [1.29, 1.82) is 0 Å². The third-order valence-electron chi connectivity index (χ3n) is 4.95. The second-order valence-electron chi connectivity index (χ2n) is 6.46. The lowest BCUT2D eigenvalue weighted by Gasteiger charge is -2.31. The maximum atomic E-state index is 13.1. The molecule has 21 heavy (non-hydrogen) atoms. The van der Waals surface area contributed by atoms with Gasteiger partial charge in [-0.2, -0.15) is 0 Å². The molecule has 1 aliphatic rings. The lowest BCUT2D eigenvalue weighted by atomic mass is 9.71. The Bertz CT molecular complexity index is 678. The number of ether oxygens (including phenoxy) is 1. The molecule has 2 aromatic rings. The Morgan fingerprint density at radius 3 is 2.62 bits per heavy atom. The molecule has 3 heteroatoms. The van der Waals surface area contributed by atoms with Crippen LogP contribution in [0.15, 0.2) is 24.4 Å². The third kappa shape index (κ3) is 2.25. The highest BCUT2D eigenvalue weighted by atomic mass is 16.5. The highest BCUT2D eigenvalue weighted by Crippen LogP contribution is 2.41. The van der Waals surface area contributed by atoms with Crippen LogP contribution in [0.3, 0.4) is 0 Å². The first-order chi connectivity index (χ1) is 10.1. The maximum Gasteiger partial charge on any atom is 0.171 e. The van der Waals surface area contributed by atoms with E-state index >= 15 is 0 Å². The third-order valence-corrected chi connectivity index (χ3v) is 4.95. The number of hydrogen-bond donors (Lipinski definition) is 0. The van der Waals surface area contributed by atoms with Crippen molar-refractivity contribution in [2.24, 2.45) is 12.5 Å². The van der Waals surface area contributed by atoms with Gasteiger partial charge in [0.2, 0.25) is 0 Å². The SMILES string of the molecule is COc1cccc2c1c(C(=O)C1(C)CCCCC1)cn2C. The maximum absolute atomic E-state index is 13.1. The second kappa shape index (κ2) is 5.21. The van der Waals surface area contributed by atoms with Crippen LogP contribution >= 0.6 is 0 Å². The number of nitrogens with zero attached hydrogens (tertiary/aromatic N) is 1. The van der Waals surface area contributed by atoms with Gasteiger partial charge in [0.1, 0.15) is 5.75 Å². The van der Waals surface area contributed by atoms with Gasteiger partial charge in [0.05, 0.1) is 18.0 Å². The number of ketones is 1. The minimum atomic E-state index is -0.215. The first-order valence-electron chi connectivity index (χ1n) is 7.74. The molecular weight excluding hydrogens is 262 g/mol. The van der Waals surface area contributed by atoms with Crippen molar-refractivity contribution in [1.82, 2.24) is 4.57 Å². The molecule has 0 amide bonds. The number of carbonyl (C=O) groups excluding carboxylic acids is 1. The number of carbonyl (C=O) groups is 1. The first-order valence-corrected chi connectivity index (χ1v) is 7.74. The van der Waals surface area contributed by atoms with Crippen LogP contribution in [-0.4, -0.2) is 17.5 Å². The van der Waals surface area contributed by atoms with E-state index in [2.05, 4.69) is 6.92 Å². The standard InChI is InChI=1S/C18H23NO2/c1-18(10-5-4-6-11-18)17(20)13-12-19(2)14-8-7-9-15(21-3)16(13)14/h7-9,12H,4-6,10-11H2,1-3H3. The van der Waals surface area contributed by atoms with Gasteiger partial charge < -0.3 is 9.30 Å². The molecule has 1 aromatic carbocycles. The van der Waals surface area contributed by atoms with E-state index < -0.39 is 0 Å². The van der Waals surface area contributed by atoms with Crippen molar-refractivity contribution in [2.75, 3.05) is 7.11 Å². The summed E-state index contributed by atoms with van der Waals surface area (Å²) < 4.78 is 7.51. The fraction of sp³-hybridized carbons (Fsp3) is 0.500. The van der Waals surface area contributed by atoms with Gasteiger partial charge in [-0.25, -0.2) is 0 Å². The summed E-state index contributed by atoms with van der Waals surface area (Å²) in [4.78, 5) is 13.1. The molecule has 112 valence electrons. The van der Waals surface area contributed by atoms with Gasteiger partial charge in [-0.15, -0.1) is 0 Å². The van der Waals surface area contributed by atoms with Crippen LogP contribution in [0.25, 0.3) is 10.9 Å². The minimum Gasteiger partial charge on any atom is -0.496 e. The monoisotopic (exact) mass is 285 g/mol. The predicted octanol–water partition coefficient (Wildman–Crippen LogP) is 4.34. The number of Topliss-reactive ketones (excluding diaryl/α,β-unsaturated/α-hetero) is 1. The molecule has 1 heterocycles. The van der Waals surface area contributed by atoms with Crippen molar-refractivity contribution in [3.8, 4) is 5.75 Å². The molecule has 1 aromatic heterocycles. The lowest BCUT2D eigenvalue weighted by Crippen LogP contribution is -2.30. The number of hydrogen-bond acceptors (Lipinski definition) is 2. The molecular formula is C18H23NO2. The minimum absolute atomic E-state index is 0.215. The summed E-state index contributed by atoms with van der Waals surface area (Å²) in [5, 5.41) is 0.958. The van der Waals surface area contributed by atoms with Crippen LogP contribution in [0.5, 0.6) is 5.75 Å². The van der Waals surface area contributed by atoms with Crippen molar-refractivity contribution in [3.63, 3.8) is 0 Å². The largest absolute Gasteiger partial charge is 0.496 e. The first kappa shape index (κ1) is 14.2. The quantitative estimate of drug-likeness (QED) is 0.785. The molecule has 0 saturated heterocycles. The van der Waals surface area contributed by atoms with E-state index in [9.17, 15) is 4.79 Å². The Morgan fingerprint density at radius 2 is 1.95 bits per heavy atom. The fourth-order valence-corrected chi connectivity index (χ4v) is 3.64. The topological polar surface area (TPSA) is 31.2 Å². The molecule has 0 bridgehead atoms. The van der Waals surface area contributed by atoms with Gasteiger partial charge >= 0.3 is 0 Å². The van der Waals surface area contributed by atoms with Gasteiger partial charge in [-0.3, -0.25) is 4.79 Å². The molecule has 0 aliphatic heterocycles. The summed E-state index contributed by atoms with van der Waals surface area (Å²) in [6, 6.07) is 5.94. The summed E-state index contributed by atoms with van der Waals surface area (Å²) in [5.41, 5.74) is 1.65. The molecule has 1 aliphatic carbocycles. The van der Waals surface area contributed by atoms with Gasteiger partial charge in [0.15, 0.2) is 5.78 Å². The lowest BCUT2D eigenvalue weighted by molar-refractivity contribution is 0.0751. The van der Waals surface area contributed by atoms with Crippen LogP contribution in [0, 0.1) is 5.41 Å². The van der Waals surface area contributed by atoms with E-state index in [1.807, 2.05) is 36.0 Å². The number of fused-ring (bicyclic) bond motifs is 1. The van der Waals surface area contributed by atoms with E-state index in [0.717, 1.165) is 47.9 Å². The Hall–Kier alpha value is -1.77. The van der Waals surface area contributed by atoms with Gasteiger partial charge in [0.25, 0.3) is 0 Å². The Morgan fingerprint density at radius 1 is 1.24 bits per heavy atom. The second-order valence-corrected chi connectivity index (χ2v) is 6.46. The molecule has 1 fully saturated rings. The van der Waals surface area contributed by atoms with Crippen molar-refractivity contribution >= 4 is 16.7 Å². The Kier molecular flexibility index (Phi) is 3.52. The molecule has 3 nitrogen and oxygen atoms in total. The van der Waals surface area contributed by atoms with Crippen LogP contribution in [0.2, 0.25) is 0 Å². The van der Waals surface area contributed by atoms with E-state index in [0.29, 0.717) is 0 Å². The zero-order chi connectivity index (χ0) is 15.0. The van der Waals surface area contributed by atoms with Crippen LogP contribution in [-0.2, 0) is 7.05 Å². The number of aromatic nitrogens is 1. The van der Waals surface area contributed by atoms with E-state index in [-0.39, 0.29) is 11.2 Å². The van der Waals surface area contributed by atoms with E-state index in [1.54, 1.807) is 7.11 Å². The zero-order valence-electron chi connectivity index (χ0n) is 13.1. The summed E-state index contributed by atoms with van der Waals surface area (Å²) in [6.45, 7) is 2.13. The van der Waals surface area contributed by atoms with Gasteiger partial charge in [0, 0.05) is 24.2 Å². The van der Waals surface area contributed by atoms with E-state index in [4.69, 9.17) is 4.74 Å². The Balaban J connectivity index is 2.14. The van der Waals surface area contributed by atoms with Crippen molar-refractivity contribution in [2.45, 2.75) is 39.0 Å². The zero-order valence-corrected chi connectivity index (χ0v) is 13.1. The predicted molar refractivity (Wildman–Crippen MR) is 85.0 cm³/mol. The van der Waals surface area contributed by atoms with Crippen molar-refractivity contribution < 1.29 is 9.53 Å². The fourth-order valence-electron chi connectivity index (χ4n) is 3.64. The average Bonchev–Trinajstić information content (AvgIpc) is 2.84. The summed E-state index contributed by atoms with van der Waals surface area (Å²) in [7, 11) is 3.65. The van der Waals surface area contributed by atoms with Crippen LogP contribution < -0.4 is 4.74 Å². The van der Waals surface area contributed by atoms with Crippen molar-refractivity contribution in [3.05, 3.63) is 30.0 Å². The highest BCUT2D eigenvalue weighted by molar-refractivity contribution is 6.12. The molecule has 0 spiro atoms. The summed E-state index contributed by atoms with van der Waals surface area (Å²) >= 11 is 0. The molecule has 0 radical (unpaired) electrons. The van der Waals surface area contributed by atoms with Gasteiger partial charge in [-0.05, 0) is 25.0 Å². The molecule has 0 N–H and O–H groups in total. The average molecular weight is 285 g/mol. The number of rotatable bonds is 3. The van der Waals surface area contributed by atoms with E-state index in [1.165, 1.54) is 6.42 Å². The Labute approximate surface area is 125 Å². The molecule has 0 atom stereocenters. The highest BCUT2D eigenvalue weighted by Gasteiger charge is 2.36. The smallest absolute Gasteiger partial charge is 0.171 e. The van der Waals surface area contributed by atoms with Gasteiger partial charge in [-0.1, -0.05) is 32.3 Å².